The highest BCUT2D eigenvalue weighted by Gasteiger charge is 2.30. The Hall–Kier alpha value is -3.35. The molecule has 1 aromatic heterocycles. The molecule has 0 bridgehead atoms. The highest BCUT2D eigenvalue weighted by atomic mass is 16.6. The number of benzene rings is 2. The summed E-state index contributed by atoms with van der Waals surface area (Å²) in [5.41, 5.74) is 1.26. The summed E-state index contributed by atoms with van der Waals surface area (Å²) in [6.45, 7) is 8.75. The molecule has 0 saturated heterocycles. The highest BCUT2D eigenvalue weighted by Crippen LogP contribution is 2.23. The third kappa shape index (κ3) is 4.77. The van der Waals surface area contributed by atoms with Crippen LogP contribution < -0.4 is 5.56 Å². The first-order chi connectivity index (χ1) is 15.2. The van der Waals surface area contributed by atoms with Crippen molar-refractivity contribution in [3.8, 4) is 0 Å². The smallest absolute Gasteiger partial charge is 0.437 e. The summed E-state index contributed by atoms with van der Waals surface area (Å²) >= 11 is 0. The molecule has 0 unspecified atom stereocenters. The predicted octanol–water partition coefficient (Wildman–Crippen LogP) is 5.13. The van der Waals surface area contributed by atoms with Gasteiger partial charge in [-0.3, -0.25) is 4.79 Å². The summed E-state index contributed by atoms with van der Waals surface area (Å²) in [5, 5.41) is 2.07. The second-order valence-electron chi connectivity index (χ2n) is 8.28. The summed E-state index contributed by atoms with van der Waals surface area (Å²) in [6, 6.07) is 13.8. The van der Waals surface area contributed by atoms with E-state index < -0.39 is 30.0 Å². The van der Waals surface area contributed by atoms with Crippen molar-refractivity contribution in [2.24, 2.45) is 0 Å². The fourth-order valence-corrected chi connectivity index (χ4v) is 3.76. The molecule has 7 heteroatoms. The van der Waals surface area contributed by atoms with Crippen LogP contribution in [-0.2, 0) is 22.3 Å². The Morgan fingerprint density at radius 3 is 2.09 bits per heavy atom. The van der Waals surface area contributed by atoms with Crippen molar-refractivity contribution < 1.29 is 19.1 Å². The Balaban J connectivity index is 2.25. The number of rotatable bonds is 6. The number of ether oxygens (including phenoxy) is 2. The molecule has 170 valence electrons. The minimum Gasteiger partial charge on any atom is -0.445 e. The van der Waals surface area contributed by atoms with Crippen molar-refractivity contribution in [2.75, 3.05) is 0 Å². The molecule has 7 nitrogen and oxygen atoms in total. The molecule has 2 aromatic carbocycles. The molecule has 0 spiro atoms. The molecular formula is C25H30N2O5. The zero-order valence-electron chi connectivity index (χ0n) is 19.3. The highest BCUT2D eigenvalue weighted by molar-refractivity contribution is 5.86. The number of aromatic nitrogens is 2. The van der Waals surface area contributed by atoms with Gasteiger partial charge in [-0.05, 0) is 50.5 Å². The van der Waals surface area contributed by atoms with E-state index in [-0.39, 0.29) is 0 Å². The molecule has 0 saturated carbocycles. The van der Waals surface area contributed by atoms with Crippen LogP contribution >= 0.6 is 0 Å². The number of fused-ring (bicyclic) bond motifs is 1. The predicted molar refractivity (Wildman–Crippen MR) is 123 cm³/mol. The fourth-order valence-electron chi connectivity index (χ4n) is 3.76. The molecule has 0 aliphatic heterocycles. The van der Waals surface area contributed by atoms with Crippen LogP contribution in [0.1, 0.15) is 57.9 Å². The standard InChI is InChI=1S/C25H30N2O5/c1-6-10-21-22(15-19-13-9-12-18-11-7-8-14-20(18)19)26(24(29)31-16(2)3)27(23(21)28)25(30)32-17(4)5/h7-9,11-14,16-17H,6,10,15H2,1-5H3. The first-order valence-corrected chi connectivity index (χ1v) is 11.0. The number of hydrogen-bond donors (Lipinski definition) is 0. The summed E-state index contributed by atoms with van der Waals surface area (Å²) in [5.74, 6) is 0. The first kappa shape index (κ1) is 23.3. The molecule has 3 rings (SSSR count). The topological polar surface area (TPSA) is 79.5 Å². The van der Waals surface area contributed by atoms with Crippen LogP contribution in [0.2, 0.25) is 0 Å². The van der Waals surface area contributed by atoms with Crippen LogP contribution in [-0.4, -0.2) is 33.8 Å². The van der Waals surface area contributed by atoms with E-state index in [1.54, 1.807) is 27.7 Å². The maximum absolute atomic E-state index is 13.3. The van der Waals surface area contributed by atoms with E-state index in [0.717, 1.165) is 25.7 Å². The van der Waals surface area contributed by atoms with Gasteiger partial charge in [0.1, 0.15) is 0 Å². The van der Waals surface area contributed by atoms with Crippen LogP contribution in [0, 0.1) is 0 Å². The van der Waals surface area contributed by atoms with E-state index in [0.29, 0.717) is 30.5 Å². The van der Waals surface area contributed by atoms with Crippen molar-refractivity contribution in [3.05, 3.63) is 69.6 Å². The molecule has 0 N–H and O–H groups in total. The number of carbonyl (C=O) groups excluding carboxylic acids is 2. The Kier molecular flexibility index (Phi) is 7.18. The molecule has 0 atom stereocenters. The molecule has 0 aliphatic carbocycles. The van der Waals surface area contributed by atoms with Crippen molar-refractivity contribution in [2.45, 2.75) is 66.1 Å². The van der Waals surface area contributed by atoms with Crippen molar-refractivity contribution in [3.63, 3.8) is 0 Å². The lowest BCUT2D eigenvalue weighted by atomic mass is 9.98. The first-order valence-electron chi connectivity index (χ1n) is 11.0. The normalized spacial score (nSPS) is 11.3. The van der Waals surface area contributed by atoms with Gasteiger partial charge in [-0.2, -0.15) is 4.68 Å². The minimum atomic E-state index is -0.896. The third-order valence-electron chi connectivity index (χ3n) is 5.01. The average Bonchev–Trinajstić information content (AvgIpc) is 2.99. The maximum Gasteiger partial charge on any atom is 0.437 e. The number of carbonyl (C=O) groups is 2. The van der Waals surface area contributed by atoms with Crippen molar-refractivity contribution >= 4 is 23.0 Å². The minimum absolute atomic E-state index is 0.293. The summed E-state index contributed by atoms with van der Waals surface area (Å²) in [6.07, 6.45) is -1.15. The molecule has 0 amide bonds. The van der Waals surface area contributed by atoms with Crippen LogP contribution in [0.25, 0.3) is 10.8 Å². The number of hydrogen-bond acceptors (Lipinski definition) is 5. The van der Waals surface area contributed by atoms with Crippen molar-refractivity contribution in [1.82, 2.24) is 9.36 Å². The number of nitrogens with zero attached hydrogens (tertiary/aromatic N) is 2. The van der Waals surface area contributed by atoms with Gasteiger partial charge in [-0.25, -0.2) is 9.59 Å². The summed E-state index contributed by atoms with van der Waals surface area (Å²) < 4.78 is 12.5. The second kappa shape index (κ2) is 9.85. The molecule has 32 heavy (non-hydrogen) atoms. The van der Waals surface area contributed by atoms with Gasteiger partial charge in [0.25, 0.3) is 5.56 Å². The third-order valence-corrected chi connectivity index (χ3v) is 5.01. The molecular weight excluding hydrogens is 408 g/mol. The van der Waals surface area contributed by atoms with Crippen LogP contribution in [0.15, 0.2) is 47.3 Å². The lowest BCUT2D eigenvalue weighted by molar-refractivity contribution is 0.0938. The SMILES string of the molecule is CCCc1c(Cc2cccc3ccccc23)n(C(=O)OC(C)C)n(C(=O)OC(C)C)c1=O. The molecule has 0 aliphatic rings. The van der Waals surface area contributed by atoms with Gasteiger partial charge in [-0.15, -0.1) is 4.68 Å². The summed E-state index contributed by atoms with van der Waals surface area (Å²) in [7, 11) is 0. The van der Waals surface area contributed by atoms with Crippen molar-refractivity contribution in [1.29, 1.82) is 0 Å². The summed E-state index contributed by atoms with van der Waals surface area (Å²) in [4.78, 5) is 39.2. The Bertz CT molecular complexity index is 1180. The van der Waals surface area contributed by atoms with Crippen LogP contribution in [0.5, 0.6) is 0 Å². The fraction of sp³-hybridized carbons (Fsp3) is 0.400. The quantitative estimate of drug-likeness (QED) is 0.533. The molecule has 0 fully saturated rings. The van der Waals surface area contributed by atoms with Gasteiger partial charge in [0.15, 0.2) is 0 Å². The van der Waals surface area contributed by atoms with E-state index in [2.05, 4.69) is 0 Å². The van der Waals surface area contributed by atoms with Crippen LogP contribution in [0.3, 0.4) is 0 Å². The molecule has 3 aromatic rings. The largest absolute Gasteiger partial charge is 0.445 e. The lowest BCUT2D eigenvalue weighted by Gasteiger charge is -2.16. The van der Waals surface area contributed by atoms with Gasteiger partial charge in [-0.1, -0.05) is 55.8 Å². The van der Waals surface area contributed by atoms with E-state index in [1.807, 2.05) is 49.4 Å². The van der Waals surface area contributed by atoms with Crippen LogP contribution in [0.4, 0.5) is 9.59 Å². The monoisotopic (exact) mass is 438 g/mol. The van der Waals surface area contributed by atoms with E-state index in [9.17, 15) is 14.4 Å². The van der Waals surface area contributed by atoms with E-state index in [4.69, 9.17) is 9.47 Å². The Labute approximate surface area is 187 Å². The lowest BCUT2D eigenvalue weighted by Crippen LogP contribution is -2.37. The second-order valence-corrected chi connectivity index (χ2v) is 8.28. The maximum atomic E-state index is 13.3. The zero-order valence-corrected chi connectivity index (χ0v) is 19.3. The zero-order chi connectivity index (χ0) is 23.4. The van der Waals surface area contributed by atoms with Gasteiger partial charge < -0.3 is 9.47 Å². The average molecular weight is 439 g/mol. The Morgan fingerprint density at radius 2 is 1.47 bits per heavy atom. The molecule has 0 radical (unpaired) electrons. The van der Waals surface area contributed by atoms with E-state index in [1.165, 1.54) is 0 Å². The van der Waals surface area contributed by atoms with Gasteiger partial charge in [0, 0.05) is 12.0 Å². The van der Waals surface area contributed by atoms with Gasteiger partial charge >= 0.3 is 12.2 Å². The van der Waals surface area contributed by atoms with E-state index >= 15 is 0 Å². The van der Waals surface area contributed by atoms with Gasteiger partial charge in [0.2, 0.25) is 0 Å². The Morgan fingerprint density at radius 1 is 0.875 bits per heavy atom. The molecule has 1 heterocycles. The van der Waals surface area contributed by atoms with Gasteiger partial charge in [0.05, 0.1) is 17.9 Å².